The van der Waals surface area contributed by atoms with Crippen molar-refractivity contribution in [3.8, 4) is 0 Å². The predicted octanol–water partition coefficient (Wildman–Crippen LogP) is 0.735. The van der Waals surface area contributed by atoms with Crippen LogP contribution in [0, 0.1) is 0 Å². The summed E-state index contributed by atoms with van der Waals surface area (Å²) >= 11 is 5.26. The van der Waals surface area contributed by atoms with Crippen LogP contribution in [0.1, 0.15) is 20.8 Å². The molecule has 7 heteroatoms. The zero-order valence-corrected chi connectivity index (χ0v) is 10.9. The van der Waals surface area contributed by atoms with Crippen molar-refractivity contribution >= 4 is 29.5 Å². The fourth-order valence-corrected chi connectivity index (χ4v) is 1.13. The van der Waals surface area contributed by atoms with Crippen LogP contribution < -0.4 is 5.32 Å². The van der Waals surface area contributed by atoms with Gasteiger partial charge in [0.05, 0.1) is 6.61 Å². The summed E-state index contributed by atoms with van der Waals surface area (Å²) in [6.07, 6.45) is 0. The van der Waals surface area contributed by atoms with Crippen molar-refractivity contribution in [1.29, 1.82) is 0 Å². The van der Waals surface area contributed by atoms with Crippen molar-refractivity contribution < 1.29 is 19.1 Å². The van der Waals surface area contributed by atoms with Crippen LogP contribution >= 0.6 is 11.6 Å². The Kier molecular flexibility index (Phi) is 7.29. The molecule has 0 saturated heterocycles. The van der Waals surface area contributed by atoms with Gasteiger partial charge in [0.25, 0.3) is 0 Å². The zero-order valence-electron chi connectivity index (χ0n) is 10.2. The zero-order chi connectivity index (χ0) is 13.4. The van der Waals surface area contributed by atoms with Gasteiger partial charge in [0.1, 0.15) is 12.4 Å². The smallest absolute Gasteiger partial charge is 0.325 e. The van der Waals surface area contributed by atoms with Gasteiger partial charge in [-0.1, -0.05) is 0 Å². The Morgan fingerprint density at radius 1 is 1.35 bits per heavy atom. The molecule has 17 heavy (non-hydrogen) atoms. The third-order valence-corrected chi connectivity index (χ3v) is 2.10. The molecule has 0 atom stereocenters. The number of amides is 3. The maximum absolute atomic E-state index is 11.6. The van der Waals surface area contributed by atoms with Crippen molar-refractivity contribution in [3.63, 3.8) is 0 Å². The molecule has 0 aliphatic carbocycles. The van der Waals surface area contributed by atoms with E-state index in [1.165, 1.54) is 4.90 Å². The molecule has 0 heterocycles. The van der Waals surface area contributed by atoms with Crippen molar-refractivity contribution in [2.24, 2.45) is 0 Å². The molecule has 0 radical (unpaired) electrons. The highest BCUT2D eigenvalue weighted by atomic mass is 35.5. The van der Waals surface area contributed by atoms with Crippen molar-refractivity contribution in [2.45, 2.75) is 26.8 Å². The predicted molar refractivity (Wildman–Crippen MR) is 62.7 cm³/mol. The SMILES string of the molecule is CCOC(=O)CN(C(=O)NC(=O)CCl)C(C)C. The Balaban J connectivity index is 4.46. The van der Waals surface area contributed by atoms with E-state index in [2.05, 4.69) is 5.32 Å². The Bertz CT molecular complexity index is 294. The molecule has 0 aliphatic rings. The van der Waals surface area contributed by atoms with E-state index in [-0.39, 0.29) is 25.1 Å². The van der Waals surface area contributed by atoms with E-state index in [0.717, 1.165) is 0 Å². The van der Waals surface area contributed by atoms with Gasteiger partial charge in [0.15, 0.2) is 0 Å². The first-order chi connectivity index (χ1) is 7.92. The Labute approximate surface area is 105 Å². The maximum atomic E-state index is 11.6. The summed E-state index contributed by atoms with van der Waals surface area (Å²) < 4.78 is 4.73. The lowest BCUT2D eigenvalue weighted by Crippen LogP contribution is -2.48. The molecule has 0 bridgehead atoms. The van der Waals surface area contributed by atoms with Gasteiger partial charge in [-0.3, -0.25) is 14.9 Å². The quantitative estimate of drug-likeness (QED) is 0.587. The summed E-state index contributed by atoms with van der Waals surface area (Å²) in [5.74, 6) is -1.43. The number of urea groups is 1. The van der Waals surface area contributed by atoms with Crippen LogP contribution in [0.2, 0.25) is 0 Å². The van der Waals surface area contributed by atoms with E-state index >= 15 is 0 Å². The van der Waals surface area contributed by atoms with E-state index in [9.17, 15) is 14.4 Å². The Morgan fingerprint density at radius 3 is 2.35 bits per heavy atom. The third-order valence-electron chi connectivity index (χ3n) is 1.86. The highest BCUT2D eigenvalue weighted by Gasteiger charge is 2.22. The molecule has 0 unspecified atom stereocenters. The third kappa shape index (κ3) is 6.11. The molecule has 0 aromatic carbocycles. The number of ether oxygens (including phenoxy) is 1. The number of carbonyl (C=O) groups is 3. The molecule has 0 saturated carbocycles. The van der Waals surface area contributed by atoms with Crippen LogP contribution in [0.25, 0.3) is 0 Å². The van der Waals surface area contributed by atoms with E-state index in [1.54, 1.807) is 20.8 Å². The molecular formula is C10H17ClN2O4. The largest absolute Gasteiger partial charge is 0.465 e. The molecule has 1 N–H and O–H groups in total. The second-order valence-corrected chi connectivity index (χ2v) is 3.78. The monoisotopic (exact) mass is 264 g/mol. The van der Waals surface area contributed by atoms with Crippen LogP contribution in [-0.4, -0.2) is 47.9 Å². The van der Waals surface area contributed by atoms with Gasteiger partial charge in [0.2, 0.25) is 5.91 Å². The molecule has 0 spiro atoms. The Morgan fingerprint density at radius 2 is 1.94 bits per heavy atom. The number of carbonyl (C=O) groups excluding carboxylic acids is 3. The summed E-state index contributed by atoms with van der Waals surface area (Å²) in [7, 11) is 0. The van der Waals surface area contributed by atoms with Gasteiger partial charge in [-0.25, -0.2) is 4.79 Å². The van der Waals surface area contributed by atoms with Crippen LogP contribution in [0.5, 0.6) is 0 Å². The van der Waals surface area contributed by atoms with Crippen molar-refractivity contribution in [1.82, 2.24) is 10.2 Å². The molecular weight excluding hydrogens is 248 g/mol. The normalized spacial score (nSPS) is 9.94. The van der Waals surface area contributed by atoms with E-state index in [1.807, 2.05) is 0 Å². The molecule has 0 fully saturated rings. The number of halogens is 1. The van der Waals surface area contributed by atoms with Gasteiger partial charge >= 0.3 is 12.0 Å². The van der Waals surface area contributed by atoms with E-state index in [4.69, 9.17) is 16.3 Å². The number of nitrogens with one attached hydrogen (secondary N) is 1. The van der Waals surface area contributed by atoms with Gasteiger partial charge in [-0.05, 0) is 20.8 Å². The molecule has 0 aromatic rings. The molecule has 0 aliphatic heterocycles. The number of hydrogen-bond acceptors (Lipinski definition) is 4. The Hall–Kier alpha value is -1.30. The number of alkyl halides is 1. The fourth-order valence-electron chi connectivity index (χ4n) is 1.06. The van der Waals surface area contributed by atoms with E-state index < -0.39 is 17.9 Å². The van der Waals surface area contributed by atoms with E-state index in [0.29, 0.717) is 0 Å². The lowest BCUT2D eigenvalue weighted by atomic mass is 10.3. The van der Waals surface area contributed by atoms with Crippen molar-refractivity contribution in [2.75, 3.05) is 19.0 Å². The minimum Gasteiger partial charge on any atom is -0.465 e. The van der Waals surface area contributed by atoms with Crippen LogP contribution in [-0.2, 0) is 14.3 Å². The molecule has 98 valence electrons. The second-order valence-electron chi connectivity index (χ2n) is 3.51. The van der Waals surface area contributed by atoms with Crippen LogP contribution in [0.4, 0.5) is 4.79 Å². The maximum Gasteiger partial charge on any atom is 0.325 e. The standard InChI is InChI=1S/C10H17ClN2O4/c1-4-17-9(15)6-13(7(2)3)10(16)12-8(14)5-11/h7H,4-6H2,1-3H3,(H,12,14,16). The lowest BCUT2D eigenvalue weighted by Gasteiger charge is -2.25. The average molecular weight is 265 g/mol. The average Bonchev–Trinajstić information content (AvgIpc) is 2.25. The highest BCUT2D eigenvalue weighted by Crippen LogP contribution is 1.99. The summed E-state index contributed by atoms with van der Waals surface area (Å²) in [4.78, 5) is 35.0. The van der Waals surface area contributed by atoms with Gasteiger partial charge < -0.3 is 9.64 Å². The van der Waals surface area contributed by atoms with Gasteiger partial charge in [-0.2, -0.15) is 0 Å². The van der Waals surface area contributed by atoms with Crippen LogP contribution in [0.3, 0.4) is 0 Å². The topological polar surface area (TPSA) is 75.7 Å². The molecule has 6 nitrogen and oxygen atoms in total. The van der Waals surface area contributed by atoms with Crippen LogP contribution in [0.15, 0.2) is 0 Å². The highest BCUT2D eigenvalue weighted by molar-refractivity contribution is 6.28. The summed E-state index contributed by atoms with van der Waals surface area (Å²) in [5, 5.41) is 2.07. The number of imide groups is 1. The lowest BCUT2D eigenvalue weighted by molar-refractivity contribution is -0.144. The number of esters is 1. The summed E-state index contributed by atoms with van der Waals surface area (Å²) in [6.45, 7) is 5.17. The number of rotatable bonds is 5. The number of hydrogen-bond donors (Lipinski definition) is 1. The molecule has 3 amide bonds. The minimum absolute atomic E-state index is 0.201. The second kappa shape index (κ2) is 7.89. The molecule has 0 aromatic heterocycles. The summed E-state index contributed by atoms with van der Waals surface area (Å²) in [6, 6.07) is -0.888. The van der Waals surface area contributed by atoms with Gasteiger partial charge in [0, 0.05) is 6.04 Å². The summed E-state index contributed by atoms with van der Waals surface area (Å²) in [5.41, 5.74) is 0. The first-order valence-corrected chi connectivity index (χ1v) is 5.77. The number of nitrogens with zero attached hydrogens (tertiary/aromatic N) is 1. The first-order valence-electron chi connectivity index (χ1n) is 5.24. The fraction of sp³-hybridized carbons (Fsp3) is 0.700. The van der Waals surface area contributed by atoms with Crippen molar-refractivity contribution in [3.05, 3.63) is 0 Å². The van der Waals surface area contributed by atoms with Gasteiger partial charge in [-0.15, -0.1) is 11.6 Å². The first kappa shape index (κ1) is 15.7. The minimum atomic E-state index is -0.654. The molecule has 0 rings (SSSR count).